The van der Waals surface area contributed by atoms with Gasteiger partial charge in [0, 0.05) is 17.7 Å². The van der Waals surface area contributed by atoms with Gasteiger partial charge in [-0.15, -0.1) is 0 Å². The summed E-state index contributed by atoms with van der Waals surface area (Å²) in [5.74, 6) is -12.1. The second-order valence-electron chi connectivity index (χ2n) is 7.34. The van der Waals surface area contributed by atoms with Crippen molar-refractivity contribution in [2.45, 2.75) is 6.11 Å². The van der Waals surface area contributed by atoms with E-state index in [4.69, 9.17) is 0 Å². The fraction of sp³-hybridized carbons (Fsp3) is 0.0400. The van der Waals surface area contributed by atoms with Gasteiger partial charge in [0.05, 0.1) is 0 Å². The molecule has 0 aliphatic rings. The lowest BCUT2D eigenvalue weighted by Crippen LogP contribution is -2.25. The summed E-state index contributed by atoms with van der Waals surface area (Å²) >= 11 is 0. The molecule has 0 aliphatic carbocycles. The first-order valence-electron chi connectivity index (χ1n) is 9.73. The Morgan fingerprint density at radius 1 is 0.543 bits per heavy atom. The number of ether oxygens (including phenoxy) is 1. The van der Waals surface area contributed by atoms with E-state index in [1.807, 2.05) is 0 Å². The third-order valence-corrected chi connectivity index (χ3v) is 4.97. The number of halogens is 9. The predicted molar refractivity (Wildman–Crippen MR) is 108 cm³/mol. The van der Waals surface area contributed by atoms with Crippen molar-refractivity contribution in [2.75, 3.05) is 0 Å². The van der Waals surface area contributed by atoms with Crippen LogP contribution in [0.15, 0.2) is 66.7 Å². The van der Waals surface area contributed by atoms with Crippen LogP contribution in [-0.4, -0.2) is 0 Å². The van der Waals surface area contributed by atoms with E-state index < -0.39 is 63.7 Å². The van der Waals surface area contributed by atoms with Crippen LogP contribution >= 0.6 is 0 Å². The van der Waals surface area contributed by atoms with Crippen molar-refractivity contribution >= 4 is 0 Å². The standard InChI is InChI=1S/C25H11F9O/c26-15-3-1-2-12(6-15)13-4-5-17(18(27)7-13)14-8-19(28)23(20(29)9-14)25(33,34)35-16-10-21(30)24(32)22(31)11-16/h1-11H. The van der Waals surface area contributed by atoms with Gasteiger partial charge in [-0.05, 0) is 47.0 Å². The van der Waals surface area contributed by atoms with Gasteiger partial charge in [0.25, 0.3) is 0 Å². The molecule has 35 heavy (non-hydrogen) atoms. The minimum absolute atomic E-state index is 0.0754. The molecule has 0 spiro atoms. The zero-order valence-electron chi connectivity index (χ0n) is 17.2. The van der Waals surface area contributed by atoms with Crippen molar-refractivity contribution in [1.29, 1.82) is 0 Å². The number of hydrogen-bond acceptors (Lipinski definition) is 1. The molecular formula is C25H11F9O. The summed E-state index contributed by atoms with van der Waals surface area (Å²) in [6.45, 7) is 0. The van der Waals surface area contributed by atoms with Gasteiger partial charge in [0.2, 0.25) is 0 Å². The molecule has 10 heteroatoms. The van der Waals surface area contributed by atoms with Crippen LogP contribution in [0.5, 0.6) is 5.75 Å². The Morgan fingerprint density at radius 2 is 1.11 bits per heavy atom. The molecule has 0 atom stereocenters. The van der Waals surface area contributed by atoms with Crippen molar-refractivity contribution in [2.24, 2.45) is 0 Å². The molecule has 180 valence electrons. The Kier molecular flexibility index (Phi) is 6.23. The Hall–Kier alpha value is -3.95. The monoisotopic (exact) mass is 498 g/mol. The summed E-state index contributed by atoms with van der Waals surface area (Å²) < 4.78 is 130. The third kappa shape index (κ3) is 4.82. The molecule has 4 aromatic rings. The smallest absolute Gasteiger partial charge is 0.429 e. The molecule has 0 aromatic heterocycles. The average Bonchev–Trinajstić information content (AvgIpc) is 2.76. The van der Waals surface area contributed by atoms with Crippen LogP contribution in [0.25, 0.3) is 22.3 Å². The summed E-state index contributed by atoms with van der Waals surface area (Å²) in [6.07, 6.45) is -4.77. The van der Waals surface area contributed by atoms with Crippen LogP contribution in [0.4, 0.5) is 39.5 Å². The minimum atomic E-state index is -4.77. The van der Waals surface area contributed by atoms with Crippen molar-refractivity contribution in [3.8, 4) is 28.0 Å². The largest absolute Gasteiger partial charge is 0.432 e. The maximum absolute atomic E-state index is 14.7. The third-order valence-electron chi connectivity index (χ3n) is 4.97. The molecule has 0 unspecified atom stereocenters. The highest BCUT2D eigenvalue weighted by atomic mass is 19.3. The summed E-state index contributed by atoms with van der Waals surface area (Å²) in [5.41, 5.74) is -2.12. The van der Waals surface area contributed by atoms with E-state index in [-0.39, 0.29) is 23.3 Å². The van der Waals surface area contributed by atoms with Crippen LogP contribution in [0.3, 0.4) is 0 Å². The van der Waals surface area contributed by atoms with Crippen LogP contribution in [0.2, 0.25) is 0 Å². The average molecular weight is 498 g/mol. The summed E-state index contributed by atoms with van der Waals surface area (Å²) in [5, 5.41) is 0. The molecule has 4 rings (SSSR count). The van der Waals surface area contributed by atoms with Crippen molar-refractivity contribution in [1.82, 2.24) is 0 Å². The highest BCUT2D eigenvalue weighted by molar-refractivity contribution is 5.71. The van der Waals surface area contributed by atoms with Crippen LogP contribution in [0.1, 0.15) is 5.56 Å². The minimum Gasteiger partial charge on any atom is -0.429 e. The molecule has 0 N–H and O–H groups in total. The topological polar surface area (TPSA) is 9.23 Å². The molecule has 4 aromatic carbocycles. The van der Waals surface area contributed by atoms with Crippen molar-refractivity contribution in [3.63, 3.8) is 0 Å². The number of alkyl halides is 2. The molecule has 1 nitrogen and oxygen atoms in total. The lowest BCUT2D eigenvalue weighted by Gasteiger charge is -2.20. The van der Waals surface area contributed by atoms with Crippen molar-refractivity contribution < 1.29 is 44.3 Å². The molecule has 0 aliphatic heterocycles. The van der Waals surface area contributed by atoms with E-state index in [1.165, 1.54) is 24.3 Å². The number of benzene rings is 4. The fourth-order valence-electron chi connectivity index (χ4n) is 3.39. The Balaban J connectivity index is 1.68. The maximum Gasteiger partial charge on any atom is 0.432 e. The lowest BCUT2D eigenvalue weighted by molar-refractivity contribution is -0.189. The van der Waals surface area contributed by atoms with Crippen molar-refractivity contribution in [3.05, 3.63) is 113 Å². The van der Waals surface area contributed by atoms with Crippen LogP contribution in [0, 0.1) is 40.7 Å². The summed E-state index contributed by atoms with van der Waals surface area (Å²) in [4.78, 5) is 0. The number of rotatable bonds is 5. The Labute approximate surface area is 192 Å². The first-order valence-corrected chi connectivity index (χ1v) is 9.73. The van der Waals surface area contributed by atoms with Gasteiger partial charge in [-0.25, -0.2) is 30.7 Å². The van der Waals surface area contributed by atoms with Gasteiger partial charge in [-0.2, -0.15) is 8.78 Å². The van der Waals surface area contributed by atoms with Crippen LogP contribution in [-0.2, 0) is 6.11 Å². The zero-order chi connectivity index (χ0) is 25.5. The SMILES string of the molecule is Fc1cccc(-c2ccc(-c3cc(F)c(C(F)(F)Oc4cc(F)c(F)c(F)c4)c(F)c3)c(F)c2)c1. The van der Waals surface area contributed by atoms with Gasteiger partial charge < -0.3 is 4.74 Å². The molecular weight excluding hydrogens is 487 g/mol. The van der Waals surface area contributed by atoms with Gasteiger partial charge >= 0.3 is 6.11 Å². The lowest BCUT2D eigenvalue weighted by atomic mass is 9.98. The molecule has 0 fully saturated rings. The van der Waals surface area contributed by atoms with E-state index in [9.17, 15) is 39.5 Å². The van der Waals surface area contributed by atoms with E-state index in [0.29, 0.717) is 17.7 Å². The Bertz CT molecular complexity index is 1390. The predicted octanol–water partition coefficient (Wildman–Crippen LogP) is 8.12. The van der Waals surface area contributed by atoms with E-state index in [2.05, 4.69) is 4.74 Å². The first-order chi connectivity index (χ1) is 16.5. The first kappa shape index (κ1) is 24.2. The van der Waals surface area contributed by atoms with Gasteiger partial charge in [0.15, 0.2) is 17.5 Å². The molecule has 0 radical (unpaired) electrons. The van der Waals surface area contributed by atoms with E-state index >= 15 is 0 Å². The molecule has 0 amide bonds. The normalized spacial score (nSPS) is 11.6. The summed E-state index contributed by atoms with van der Waals surface area (Å²) in [7, 11) is 0. The maximum atomic E-state index is 14.7. The van der Waals surface area contributed by atoms with Gasteiger partial charge in [0.1, 0.15) is 34.6 Å². The quantitative estimate of drug-likeness (QED) is 0.200. The highest BCUT2D eigenvalue weighted by Crippen LogP contribution is 2.38. The van der Waals surface area contributed by atoms with E-state index in [0.717, 1.165) is 18.2 Å². The molecule has 0 bridgehead atoms. The second-order valence-corrected chi connectivity index (χ2v) is 7.34. The zero-order valence-corrected chi connectivity index (χ0v) is 17.2. The fourth-order valence-corrected chi connectivity index (χ4v) is 3.39. The highest BCUT2D eigenvalue weighted by Gasteiger charge is 2.41. The van der Waals surface area contributed by atoms with E-state index in [1.54, 1.807) is 0 Å². The summed E-state index contributed by atoms with van der Waals surface area (Å²) in [6, 6.07) is 9.66. The van der Waals surface area contributed by atoms with Gasteiger partial charge in [-0.3, -0.25) is 0 Å². The van der Waals surface area contributed by atoms with Crippen LogP contribution < -0.4 is 4.74 Å². The second kappa shape index (κ2) is 9.01. The molecule has 0 heterocycles. The van der Waals surface area contributed by atoms with Gasteiger partial charge in [-0.1, -0.05) is 24.3 Å². The Morgan fingerprint density at radius 3 is 1.69 bits per heavy atom. The number of hydrogen-bond donors (Lipinski definition) is 0. The molecule has 0 saturated carbocycles. The molecule has 0 saturated heterocycles.